The minimum atomic E-state index is 0.0530. The van der Waals surface area contributed by atoms with Gasteiger partial charge in [0.1, 0.15) is 0 Å². The van der Waals surface area contributed by atoms with E-state index in [0.29, 0.717) is 6.61 Å². The molecule has 1 saturated heterocycles. The lowest BCUT2D eigenvalue weighted by molar-refractivity contribution is 0.141. The molecule has 1 aromatic rings. The van der Waals surface area contributed by atoms with Gasteiger partial charge in [0.25, 0.3) is 0 Å². The van der Waals surface area contributed by atoms with Crippen LogP contribution >= 0.6 is 0 Å². The maximum Gasteiger partial charge on any atom is 0.324 e. The Hall–Kier alpha value is -1.59. The Morgan fingerprint density at radius 2 is 2.24 bits per heavy atom. The molecule has 1 fully saturated rings. The Morgan fingerprint density at radius 1 is 1.41 bits per heavy atom. The number of amides is 2. The van der Waals surface area contributed by atoms with E-state index < -0.39 is 0 Å². The van der Waals surface area contributed by atoms with Crippen LogP contribution in [0.1, 0.15) is 5.56 Å². The van der Waals surface area contributed by atoms with Gasteiger partial charge in [0, 0.05) is 25.8 Å². The van der Waals surface area contributed by atoms with Gasteiger partial charge in [-0.3, -0.25) is 4.90 Å². The maximum atomic E-state index is 11.8. The van der Waals surface area contributed by atoms with E-state index in [1.165, 1.54) is 0 Å². The fourth-order valence-electron chi connectivity index (χ4n) is 1.94. The van der Waals surface area contributed by atoms with Crippen molar-refractivity contribution in [2.45, 2.75) is 6.42 Å². The van der Waals surface area contributed by atoms with E-state index in [0.717, 1.165) is 30.8 Å². The summed E-state index contributed by atoms with van der Waals surface area (Å²) in [6, 6.07) is 7.97. The number of rotatable bonds is 4. The van der Waals surface area contributed by atoms with Gasteiger partial charge in [-0.1, -0.05) is 12.1 Å². The van der Waals surface area contributed by atoms with Gasteiger partial charge in [-0.15, -0.1) is 0 Å². The average Bonchev–Trinajstić information content (AvgIpc) is 2.68. The van der Waals surface area contributed by atoms with E-state index in [2.05, 4.69) is 4.84 Å². The number of hydrogen-bond donors (Lipinski definition) is 1. The lowest BCUT2D eigenvalue weighted by Gasteiger charge is -2.16. The summed E-state index contributed by atoms with van der Waals surface area (Å²) in [5.74, 6) is 5.01. The second-order valence-electron chi connectivity index (χ2n) is 4.15. The van der Waals surface area contributed by atoms with Crippen LogP contribution in [-0.2, 0) is 11.3 Å². The van der Waals surface area contributed by atoms with Gasteiger partial charge >= 0.3 is 6.03 Å². The Bertz CT molecular complexity index is 408. The molecule has 5 heteroatoms. The van der Waals surface area contributed by atoms with Crippen molar-refractivity contribution in [3.63, 3.8) is 0 Å². The topological polar surface area (TPSA) is 58.8 Å². The van der Waals surface area contributed by atoms with Crippen molar-refractivity contribution in [2.24, 2.45) is 5.90 Å². The first-order chi connectivity index (χ1) is 8.22. The van der Waals surface area contributed by atoms with Crippen LogP contribution in [0, 0.1) is 0 Å². The third-order valence-corrected chi connectivity index (χ3v) is 2.95. The standard InChI is InChI=1S/C12H17N3O2/c1-14-6-7-15(12(14)16)11-4-2-3-10(9-11)5-8-17-13/h2-4,9H,5-8,13H2,1H3. The predicted octanol–water partition coefficient (Wildman–Crippen LogP) is 0.991. The zero-order valence-electron chi connectivity index (χ0n) is 9.93. The first-order valence-corrected chi connectivity index (χ1v) is 5.65. The van der Waals surface area contributed by atoms with Crippen molar-refractivity contribution in [3.8, 4) is 0 Å². The molecule has 17 heavy (non-hydrogen) atoms. The lowest BCUT2D eigenvalue weighted by atomic mass is 10.1. The number of nitrogens with zero attached hydrogens (tertiary/aromatic N) is 2. The quantitative estimate of drug-likeness (QED) is 0.792. The van der Waals surface area contributed by atoms with Crippen LogP contribution in [0.15, 0.2) is 24.3 Å². The smallest absolute Gasteiger partial charge is 0.324 e. The van der Waals surface area contributed by atoms with Crippen LogP contribution in [0.3, 0.4) is 0 Å². The number of carbonyl (C=O) groups is 1. The van der Waals surface area contributed by atoms with Crippen LogP contribution in [-0.4, -0.2) is 37.7 Å². The molecule has 1 heterocycles. The third kappa shape index (κ3) is 2.57. The van der Waals surface area contributed by atoms with Gasteiger partial charge in [-0.05, 0) is 24.1 Å². The SMILES string of the molecule is CN1CCN(c2cccc(CCON)c2)C1=O. The summed E-state index contributed by atoms with van der Waals surface area (Å²) in [5.41, 5.74) is 2.06. The number of anilines is 1. The number of urea groups is 1. The van der Waals surface area contributed by atoms with Gasteiger partial charge < -0.3 is 9.74 Å². The van der Waals surface area contributed by atoms with Crippen LogP contribution in [0.25, 0.3) is 0 Å². The highest BCUT2D eigenvalue weighted by atomic mass is 16.6. The van der Waals surface area contributed by atoms with Crippen molar-refractivity contribution in [2.75, 3.05) is 31.6 Å². The zero-order chi connectivity index (χ0) is 12.3. The molecule has 1 aliphatic rings. The molecule has 0 unspecified atom stereocenters. The molecule has 5 nitrogen and oxygen atoms in total. The summed E-state index contributed by atoms with van der Waals surface area (Å²) < 4.78 is 0. The Balaban J connectivity index is 2.13. The van der Waals surface area contributed by atoms with Crippen LogP contribution in [0.5, 0.6) is 0 Å². The molecule has 2 N–H and O–H groups in total. The van der Waals surface area contributed by atoms with Crippen molar-refractivity contribution in [3.05, 3.63) is 29.8 Å². The van der Waals surface area contributed by atoms with E-state index in [1.807, 2.05) is 31.3 Å². The zero-order valence-corrected chi connectivity index (χ0v) is 9.93. The summed E-state index contributed by atoms with van der Waals surface area (Å²) in [4.78, 5) is 19.9. The molecule has 2 rings (SSSR count). The van der Waals surface area contributed by atoms with E-state index in [4.69, 9.17) is 5.90 Å². The Kier molecular flexibility index (Phi) is 3.61. The van der Waals surface area contributed by atoms with Gasteiger partial charge in [-0.2, -0.15) is 0 Å². The number of carbonyl (C=O) groups excluding carboxylic acids is 1. The van der Waals surface area contributed by atoms with Gasteiger partial charge in [0.15, 0.2) is 0 Å². The van der Waals surface area contributed by atoms with Crippen molar-refractivity contribution < 1.29 is 9.63 Å². The van der Waals surface area contributed by atoms with E-state index >= 15 is 0 Å². The van der Waals surface area contributed by atoms with E-state index in [9.17, 15) is 4.79 Å². The summed E-state index contributed by atoms with van der Waals surface area (Å²) in [7, 11) is 1.81. The first kappa shape index (κ1) is 11.9. The summed E-state index contributed by atoms with van der Waals surface area (Å²) in [5, 5.41) is 0. The Morgan fingerprint density at radius 3 is 2.88 bits per heavy atom. The molecular formula is C12H17N3O2. The van der Waals surface area contributed by atoms with Crippen LogP contribution in [0.4, 0.5) is 10.5 Å². The predicted molar refractivity (Wildman–Crippen MR) is 65.7 cm³/mol. The molecule has 1 aromatic carbocycles. The third-order valence-electron chi connectivity index (χ3n) is 2.95. The summed E-state index contributed by atoms with van der Waals surface area (Å²) >= 11 is 0. The highest BCUT2D eigenvalue weighted by molar-refractivity contribution is 5.93. The van der Waals surface area contributed by atoms with Crippen molar-refractivity contribution in [1.29, 1.82) is 0 Å². The molecule has 0 aromatic heterocycles. The molecule has 0 radical (unpaired) electrons. The van der Waals surface area contributed by atoms with Crippen molar-refractivity contribution in [1.82, 2.24) is 4.90 Å². The van der Waals surface area contributed by atoms with Gasteiger partial charge in [-0.25, -0.2) is 10.7 Å². The first-order valence-electron chi connectivity index (χ1n) is 5.65. The van der Waals surface area contributed by atoms with Gasteiger partial charge in [0.2, 0.25) is 0 Å². The summed E-state index contributed by atoms with van der Waals surface area (Å²) in [6.45, 7) is 2.00. The minimum absolute atomic E-state index is 0.0530. The Labute approximate surface area is 101 Å². The molecule has 0 saturated carbocycles. The highest BCUT2D eigenvalue weighted by Crippen LogP contribution is 2.20. The normalized spacial score (nSPS) is 15.8. The monoisotopic (exact) mass is 235 g/mol. The molecule has 92 valence electrons. The average molecular weight is 235 g/mol. The van der Waals surface area contributed by atoms with Crippen LogP contribution < -0.4 is 10.8 Å². The van der Waals surface area contributed by atoms with E-state index in [-0.39, 0.29) is 6.03 Å². The molecule has 0 bridgehead atoms. The lowest BCUT2D eigenvalue weighted by Crippen LogP contribution is -2.29. The number of hydrogen-bond acceptors (Lipinski definition) is 3. The van der Waals surface area contributed by atoms with E-state index in [1.54, 1.807) is 9.80 Å². The fourth-order valence-corrected chi connectivity index (χ4v) is 1.94. The second kappa shape index (κ2) is 5.16. The van der Waals surface area contributed by atoms with Crippen LogP contribution in [0.2, 0.25) is 0 Å². The molecule has 0 atom stereocenters. The molecule has 0 aliphatic carbocycles. The van der Waals surface area contributed by atoms with Gasteiger partial charge in [0.05, 0.1) is 6.61 Å². The van der Waals surface area contributed by atoms with Crippen molar-refractivity contribution >= 4 is 11.7 Å². The number of nitrogens with two attached hydrogens (primary N) is 1. The number of benzene rings is 1. The maximum absolute atomic E-state index is 11.8. The molecule has 1 aliphatic heterocycles. The summed E-state index contributed by atoms with van der Waals surface area (Å²) in [6.07, 6.45) is 0.752. The second-order valence-corrected chi connectivity index (χ2v) is 4.15. The molecule has 0 spiro atoms. The molecular weight excluding hydrogens is 218 g/mol. The molecule has 2 amide bonds. The highest BCUT2D eigenvalue weighted by Gasteiger charge is 2.26. The largest absolute Gasteiger partial charge is 0.326 e. The number of likely N-dealkylation sites (N-methyl/N-ethyl adjacent to an activating group) is 1. The minimum Gasteiger partial charge on any atom is -0.326 e. The fraction of sp³-hybridized carbons (Fsp3) is 0.417.